The number of hydrogen-bond acceptors (Lipinski definition) is 3. The van der Waals surface area contributed by atoms with Crippen molar-refractivity contribution in [2.75, 3.05) is 18.1 Å². The second-order valence-corrected chi connectivity index (χ2v) is 4.28. The summed E-state index contributed by atoms with van der Waals surface area (Å²) in [6.45, 7) is 0.488. The Morgan fingerprint density at radius 2 is 2.27 bits per heavy atom. The largest absolute Gasteiger partial charge is 0.272 e. The third-order valence-corrected chi connectivity index (χ3v) is 3.39. The van der Waals surface area contributed by atoms with E-state index in [1.165, 1.54) is 5.06 Å². The van der Waals surface area contributed by atoms with Gasteiger partial charge in [0.15, 0.2) is 0 Å². The summed E-state index contributed by atoms with van der Waals surface area (Å²) >= 11 is 0. The van der Waals surface area contributed by atoms with E-state index in [0.717, 1.165) is 0 Å². The van der Waals surface area contributed by atoms with Gasteiger partial charge in [-0.3, -0.25) is 13.8 Å². The lowest BCUT2D eigenvalue weighted by atomic mass is 10.3. The molecule has 0 aromatic carbocycles. The first kappa shape index (κ1) is 7.24. The molecular weight excluding hydrogens is 166 g/mol. The Morgan fingerprint density at radius 3 is 2.73 bits per heavy atom. The minimum atomic E-state index is -0.707. The number of rotatable bonds is 1. The van der Waals surface area contributed by atoms with E-state index < -0.39 is 10.8 Å². The third-order valence-electron chi connectivity index (χ3n) is 1.88. The first-order chi connectivity index (χ1) is 5.27. The van der Waals surface area contributed by atoms with Crippen molar-refractivity contribution in [3.8, 4) is 0 Å². The molecule has 5 heteroatoms. The van der Waals surface area contributed by atoms with Crippen LogP contribution in [0.1, 0.15) is 6.42 Å². The molecule has 0 aromatic rings. The molecule has 0 aromatic heterocycles. The molecule has 2 rings (SSSR count). The molecule has 2 saturated heterocycles. The highest BCUT2D eigenvalue weighted by molar-refractivity contribution is 7.86. The van der Waals surface area contributed by atoms with E-state index in [9.17, 15) is 9.00 Å². The van der Waals surface area contributed by atoms with Crippen LogP contribution in [0.15, 0.2) is 0 Å². The van der Waals surface area contributed by atoms with Crippen LogP contribution in [-0.2, 0) is 20.4 Å². The van der Waals surface area contributed by atoms with Crippen LogP contribution in [0.4, 0.5) is 0 Å². The maximum absolute atomic E-state index is 11.0. The van der Waals surface area contributed by atoms with Crippen molar-refractivity contribution >= 4 is 16.7 Å². The van der Waals surface area contributed by atoms with Crippen molar-refractivity contribution in [3.05, 3.63) is 0 Å². The molecule has 0 bridgehead atoms. The highest BCUT2D eigenvalue weighted by atomic mass is 32.2. The fourth-order valence-corrected chi connectivity index (χ4v) is 2.27. The summed E-state index contributed by atoms with van der Waals surface area (Å²) in [6.07, 6.45) is 0.475. The van der Waals surface area contributed by atoms with Crippen LogP contribution in [0.3, 0.4) is 0 Å². The number of carbonyl (C=O) groups excluding carboxylic acids is 1. The Labute approximate surface area is 66.9 Å². The lowest BCUT2D eigenvalue weighted by molar-refractivity contribution is -0.170. The first-order valence-electron chi connectivity index (χ1n) is 3.57. The van der Waals surface area contributed by atoms with Crippen molar-refractivity contribution in [2.24, 2.45) is 0 Å². The van der Waals surface area contributed by atoms with Crippen LogP contribution in [0.25, 0.3) is 0 Å². The Kier molecular flexibility index (Phi) is 1.69. The summed E-state index contributed by atoms with van der Waals surface area (Å²) in [5.41, 5.74) is 0. The van der Waals surface area contributed by atoms with Gasteiger partial charge in [0.25, 0.3) is 0 Å². The Balaban J connectivity index is 1.95. The Morgan fingerprint density at radius 1 is 1.55 bits per heavy atom. The predicted molar refractivity (Wildman–Crippen MR) is 39.1 cm³/mol. The fourth-order valence-electron chi connectivity index (χ4n) is 1.24. The Bertz CT molecular complexity index is 210. The van der Waals surface area contributed by atoms with E-state index in [-0.39, 0.29) is 11.9 Å². The average molecular weight is 175 g/mol. The molecule has 0 radical (unpaired) electrons. The smallest absolute Gasteiger partial charge is 0.248 e. The maximum atomic E-state index is 11.0. The standard InChI is InChI=1S/C6H9NO3S/c8-6-1-2-10-7(6)5-3-11(9)4-5/h5H,1-4H2. The molecule has 62 valence electrons. The zero-order valence-electron chi connectivity index (χ0n) is 5.99. The summed E-state index contributed by atoms with van der Waals surface area (Å²) in [5, 5.41) is 1.39. The quantitative estimate of drug-likeness (QED) is 0.528. The maximum Gasteiger partial charge on any atom is 0.248 e. The summed E-state index contributed by atoms with van der Waals surface area (Å²) in [6, 6.07) is 0.0887. The minimum absolute atomic E-state index is 0.0340. The van der Waals surface area contributed by atoms with Gasteiger partial charge in [0.1, 0.15) is 0 Å². The highest BCUT2D eigenvalue weighted by Gasteiger charge is 2.37. The van der Waals surface area contributed by atoms with Crippen LogP contribution >= 0.6 is 0 Å². The van der Waals surface area contributed by atoms with Gasteiger partial charge in [0, 0.05) is 22.3 Å². The number of nitrogens with zero attached hydrogens (tertiary/aromatic N) is 1. The van der Waals surface area contributed by atoms with Crippen molar-refractivity contribution in [3.63, 3.8) is 0 Å². The molecule has 2 aliphatic rings. The van der Waals surface area contributed by atoms with Crippen LogP contribution < -0.4 is 0 Å². The van der Waals surface area contributed by atoms with Crippen molar-refractivity contribution in [1.29, 1.82) is 0 Å². The molecule has 2 fully saturated rings. The van der Waals surface area contributed by atoms with Crippen molar-refractivity contribution < 1.29 is 13.8 Å². The molecule has 0 N–H and O–H groups in total. The van der Waals surface area contributed by atoms with Gasteiger partial charge in [-0.05, 0) is 0 Å². The predicted octanol–water partition coefficient (Wildman–Crippen LogP) is -0.719. The zero-order chi connectivity index (χ0) is 7.84. The molecule has 0 atom stereocenters. The molecule has 0 spiro atoms. The number of carbonyl (C=O) groups is 1. The molecule has 0 aliphatic carbocycles. The van der Waals surface area contributed by atoms with Gasteiger partial charge in [0.2, 0.25) is 5.91 Å². The fraction of sp³-hybridized carbons (Fsp3) is 0.833. The van der Waals surface area contributed by atoms with E-state index in [2.05, 4.69) is 0 Å². The van der Waals surface area contributed by atoms with Crippen LogP contribution in [0.2, 0.25) is 0 Å². The minimum Gasteiger partial charge on any atom is -0.272 e. The van der Waals surface area contributed by atoms with E-state index >= 15 is 0 Å². The monoisotopic (exact) mass is 175 g/mol. The number of hydroxylamine groups is 2. The van der Waals surface area contributed by atoms with Gasteiger partial charge >= 0.3 is 0 Å². The summed E-state index contributed by atoms with van der Waals surface area (Å²) in [4.78, 5) is 16.1. The first-order valence-corrected chi connectivity index (χ1v) is 5.06. The van der Waals surface area contributed by atoms with Crippen LogP contribution in [0.5, 0.6) is 0 Å². The van der Waals surface area contributed by atoms with Gasteiger partial charge in [-0.15, -0.1) is 0 Å². The van der Waals surface area contributed by atoms with Crippen LogP contribution in [0, 0.1) is 0 Å². The molecule has 4 nitrogen and oxygen atoms in total. The van der Waals surface area contributed by atoms with Gasteiger partial charge < -0.3 is 0 Å². The van der Waals surface area contributed by atoms with E-state index in [1.54, 1.807) is 0 Å². The SMILES string of the molecule is O=C1CCON1C1CS(=O)C1. The van der Waals surface area contributed by atoms with E-state index in [1.807, 2.05) is 0 Å². The van der Waals surface area contributed by atoms with Crippen molar-refractivity contribution in [1.82, 2.24) is 5.06 Å². The zero-order valence-corrected chi connectivity index (χ0v) is 6.80. The lowest BCUT2D eigenvalue weighted by Gasteiger charge is -2.31. The molecule has 2 heterocycles. The molecule has 0 unspecified atom stereocenters. The van der Waals surface area contributed by atoms with E-state index in [0.29, 0.717) is 24.5 Å². The molecule has 1 amide bonds. The lowest BCUT2D eigenvalue weighted by Crippen LogP contribution is -2.50. The topological polar surface area (TPSA) is 46.6 Å². The molecule has 11 heavy (non-hydrogen) atoms. The molecule has 0 saturated carbocycles. The summed E-state index contributed by atoms with van der Waals surface area (Å²) in [7, 11) is -0.707. The van der Waals surface area contributed by atoms with Gasteiger partial charge in [0.05, 0.1) is 19.1 Å². The molecule has 2 aliphatic heterocycles. The normalized spacial score (nSPS) is 37.5. The highest BCUT2D eigenvalue weighted by Crippen LogP contribution is 2.18. The second kappa shape index (κ2) is 2.57. The number of hydrogen-bond donors (Lipinski definition) is 0. The van der Waals surface area contributed by atoms with Gasteiger partial charge in [-0.2, -0.15) is 0 Å². The third kappa shape index (κ3) is 1.18. The van der Waals surface area contributed by atoms with Gasteiger partial charge in [-0.25, -0.2) is 5.06 Å². The number of amides is 1. The average Bonchev–Trinajstić information content (AvgIpc) is 2.29. The summed E-state index contributed by atoms with van der Waals surface area (Å²) in [5.74, 6) is 1.21. The van der Waals surface area contributed by atoms with Gasteiger partial charge in [-0.1, -0.05) is 0 Å². The van der Waals surface area contributed by atoms with Crippen LogP contribution in [-0.4, -0.2) is 39.3 Å². The second-order valence-electron chi connectivity index (χ2n) is 2.73. The molecular formula is C6H9NO3S. The van der Waals surface area contributed by atoms with E-state index in [4.69, 9.17) is 4.84 Å². The Hall–Kier alpha value is -0.420. The summed E-state index contributed by atoms with van der Waals surface area (Å²) < 4.78 is 10.7. The van der Waals surface area contributed by atoms with Crippen molar-refractivity contribution in [2.45, 2.75) is 12.5 Å².